The third kappa shape index (κ3) is 4.37. The van der Waals surface area contributed by atoms with Gasteiger partial charge in [0.25, 0.3) is 0 Å². The van der Waals surface area contributed by atoms with Gasteiger partial charge in [0.2, 0.25) is 0 Å². The lowest BCUT2D eigenvalue weighted by atomic mass is 9.95. The minimum atomic E-state index is -0.413. The van der Waals surface area contributed by atoms with Crippen molar-refractivity contribution in [2.75, 3.05) is 10.6 Å². The molecule has 2 N–H and O–H groups in total. The molecule has 0 unspecified atom stereocenters. The number of anilines is 2. The summed E-state index contributed by atoms with van der Waals surface area (Å²) in [7, 11) is 0. The molecule has 1 aliphatic carbocycles. The van der Waals surface area contributed by atoms with Gasteiger partial charge in [0.15, 0.2) is 0 Å². The molecule has 2 amide bonds. The summed E-state index contributed by atoms with van der Waals surface area (Å²) in [5, 5.41) is 6.63. The van der Waals surface area contributed by atoms with Crippen molar-refractivity contribution in [3.05, 3.63) is 45.3 Å². The number of hydrogen-bond acceptors (Lipinski definition) is 4. The number of aryl methyl sites for hydroxylation is 1. The molecule has 0 saturated carbocycles. The zero-order valence-electron chi connectivity index (χ0n) is 14.7. The summed E-state index contributed by atoms with van der Waals surface area (Å²) in [4.78, 5) is 26.1. The van der Waals surface area contributed by atoms with Crippen molar-refractivity contribution in [2.45, 2.75) is 45.6 Å². The monoisotopic (exact) mass is 392 g/mol. The Morgan fingerprint density at radius 2 is 1.96 bits per heavy atom. The summed E-state index contributed by atoms with van der Waals surface area (Å²) in [5.41, 5.74) is 2.10. The smallest absolute Gasteiger partial charge is 0.341 e. The van der Waals surface area contributed by atoms with Gasteiger partial charge in [-0.15, -0.1) is 11.3 Å². The van der Waals surface area contributed by atoms with Crippen LogP contribution in [-0.4, -0.2) is 18.1 Å². The summed E-state index contributed by atoms with van der Waals surface area (Å²) in [5.74, 6) is -0.377. The van der Waals surface area contributed by atoms with Crippen LogP contribution in [0.25, 0.3) is 0 Å². The summed E-state index contributed by atoms with van der Waals surface area (Å²) < 4.78 is 5.40. The highest BCUT2D eigenvalue weighted by Gasteiger charge is 2.27. The number of nitrogens with one attached hydrogen (secondary N) is 2. The van der Waals surface area contributed by atoms with Gasteiger partial charge in [-0.1, -0.05) is 17.7 Å². The van der Waals surface area contributed by atoms with Crippen LogP contribution < -0.4 is 10.6 Å². The van der Waals surface area contributed by atoms with Crippen LogP contribution in [0, 0.1) is 0 Å². The third-order valence-electron chi connectivity index (χ3n) is 4.03. The van der Waals surface area contributed by atoms with E-state index in [1.165, 1.54) is 11.3 Å². The number of fused-ring (bicyclic) bond motifs is 1. The van der Waals surface area contributed by atoms with E-state index in [9.17, 15) is 9.59 Å². The van der Waals surface area contributed by atoms with Gasteiger partial charge >= 0.3 is 12.0 Å². The van der Waals surface area contributed by atoms with E-state index in [-0.39, 0.29) is 12.1 Å². The molecule has 1 aromatic carbocycles. The van der Waals surface area contributed by atoms with E-state index in [0.717, 1.165) is 36.1 Å². The van der Waals surface area contributed by atoms with E-state index in [1.54, 1.807) is 24.3 Å². The predicted octanol–water partition coefficient (Wildman–Crippen LogP) is 5.49. The number of carbonyl (C=O) groups is 2. The lowest BCUT2D eigenvalue weighted by molar-refractivity contribution is 0.0378. The number of hydrogen-bond donors (Lipinski definition) is 2. The second-order valence-electron chi connectivity index (χ2n) is 6.46. The predicted molar refractivity (Wildman–Crippen MR) is 106 cm³/mol. The Morgan fingerprint density at radius 3 is 2.69 bits per heavy atom. The van der Waals surface area contributed by atoms with Crippen LogP contribution in [0.1, 0.15) is 47.5 Å². The summed E-state index contributed by atoms with van der Waals surface area (Å²) in [6.45, 7) is 3.63. The molecule has 0 spiro atoms. The number of halogens is 1. The zero-order valence-corrected chi connectivity index (χ0v) is 16.3. The summed E-state index contributed by atoms with van der Waals surface area (Å²) in [6, 6.07) is 6.49. The van der Waals surface area contributed by atoms with Gasteiger partial charge in [-0.2, -0.15) is 0 Å². The second-order valence-corrected chi connectivity index (χ2v) is 8.00. The Kier molecular flexibility index (Phi) is 5.84. The minimum absolute atomic E-state index is 0.213. The Morgan fingerprint density at radius 1 is 1.19 bits per heavy atom. The minimum Gasteiger partial charge on any atom is -0.459 e. The summed E-state index contributed by atoms with van der Waals surface area (Å²) in [6.07, 6.45) is 3.70. The molecule has 7 heteroatoms. The molecule has 138 valence electrons. The number of benzene rings is 1. The van der Waals surface area contributed by atoms with Crippen molar-refractivity contribution in [1.29, 1.82) is 0 Å². The molecular weight excluding hydrogens is 372 g/mol. The third-order valence-corrected chi connectivity index (χ3v) is 5.47. The molecule has 0 atom stereocenters. The second kappa shape index (κ2) is 8.10. The standard InChI is InChI=1S/C19H21ClN2O3S/c1-11(2)25-18(23)16-14-8-3-4-9-15(14)26-17(16)22-19(24)21-13-7-5-6-12(20)10-13/h5-7,10-11H,3-4,8-9H2,1-2H3,(H2,21,22,24). The van der Waals surface area contributed by atoms with Crippen molar-refractivity contribution >= 4 is 45.6 Å². The fourth-order valence-corrected chi connectivity index (χ4v) is 4.44. The molecule has 0 radical (unpaired) electrons. The van der Waals surface area contributed by atoms with E-state index < -0.39 is 6.03 Å². The number of rotatable bonds is 4. The van der Waals surface area contributed by atoms with Crippen LogP contribution >= 0.6 is 22.9 Å². The molecule has 1 aliphatic rings. The molecule has 5 nitrogen and oxygen atoms in total. The SMILES string of the molecule is CC(C)OC(=O)c1c(NC(=O)Nc2cccc(Cl)c2)sc2c1CCCC2. The van der Waals surface area contributed by atoms with Gasteiger partial charge in [0.05, 0.1) is 11.7 Å². The van der Waals surface area contributed by atoms with Crippen LogP contribution in [0.5, 0.6) is 0 Å². The van der Waals surface area contributed by atoms with Crippen LogP contribution in [0.2, 0.25) is 5.02 Å². The van der Waals surface area contributed by atoms with E-state index >= 15 is 0 Å². The Labute approximate surface area is 161 Å². The zero-order chi connectivity index (χ0) is 18.7. The van der Waals surface area contributed by atoms with E-state index in [0.29, 0.717) is 21.3 Å². The molecule has 26 heavy (non-hydrogen) atoms. The molecular formula is C19H21ClN2O3S. The first-order chi connectivity index (χ1) is 12.4. The maximum atomic E-state index is 12.6. The first-order valence-corrected chi connectivity index (χ1v) is 9.82. The highest BCUT2D eigenvalue weighted by atomic mass is 35.5. The van der Waals surface area contributed by atoms with Crippen molar-refractivity contribution in [3.63, 3.8) is 0 Å². The highest BCUT2D eigenvalue weighted by molar-refractivity contribution is 7.17. The number of urea groups is 1. The van der Waals surface area contributed by atoms with Crippen LogP contribution in [0.4, 0.5) is 15.5 Å². The Balaban J connectivity index is 1.83. The van der Waals surface area contributed by atoms with E-state index in [4.69, 9.17) is 16.3 Å². The number of ether oxygens (including phenoxy) is 1. The lowest BCUT2D eigenvalue weighted by Gasteiger charge is -2.14. The fraction of sp³-hybridized carbons (Fsp3) is 0.368. The van der Waals surface area contributed by atoms with Crippen LogP contribution in [0.15, 0.2) is 24.3 Å². The van der Waals surface area contributed by atoms with Crippen molar-refractivity contribution in [2.24, 2.45) is 0 Å². The van der Waals surface area contributed by atoms with E-state index in [2.05, 4.69) is 10.6 Å². The van der Waals surface area contributed by atoms with Gasteiger partial charge < -0.3 is 10.1 Å². The van der Waals surface area contributed by atoms with Gasteiger partial charge in [-0.05, 0) is 63.3 Å². The lowest BCUT2D eigenvalue weighted by Crippen LogP contribution is -2.21. The molecule has 0 saturated heterocycles. The maximum absolute atomic E-state index is 12.6. The van der Waals surface area contributed by atoms with Crippen molar-refractivity contribution in [3.8, 4) is 0 Å². The Hall–Kier alpha value is -2.05. The Bertz CT molecular complexity index is 832. The molecule has 1 heterocycles. The van der Waals surface area contributed by atoms with Crippen molar-refractivity contribution in [1.82, 2.24) is 0 Å². The average Bonchev–Trinajstić information content (AvgIpc) is 2.91. The van der Waals surface area contributed by atoms with Gasteiger partial charge in [-0.3, -0.25) is 5.32 Å². The highest BCUT2D eigenvalue weighted by Crippen LogP contribution is 2.38. The maximum Gasteiger partial charge on any atom is 0.341 e. The largest absolute Gasteiger partial charge is 0.459 e. The average molecular weight is 393 g/mol. The quantitative estimate of drug-likeness (QED) is 0.676. The molecule has 0 bridgehead atoms. The van der Waals surface area contributed by atoms with E-state index in [1.807, 2.05) is 13.8 Å². The molecule has 0 aliphatic heterocycles. The van der Waals surface area contributed by atoms with Crippen molar-refractivity contribution < 1.29 is 14.3 Å². The first-order valence-electron chi connectivity index (χ1n) is 8.63. The molecule has 0 fully saturated rings. The van der Waals surface area contributed by atoms with Crippen LogP contribution in [-0.2, 0) is 17.6 Å². The number of esters is 1. The fourth-order valence-electron chi connectivity index (χ4n) is 2.97. The van der Waals surface area contributed by atoms with Gasteiger partial charge in [-0.25, -0.2) is 9.59 Å². The van der Waals surface area contributed by atoms with Gasteiger partial charge in [0, 0.05) is 15.6 Å². The number of carbonyl (C=O) groups excluding carboxylic acids is 2. The molecule has 1 aromatic heterocycles. The first kappa shape index (κ1) is 18.7. The molecule has 2 aromatic rings. The van der Waals surface area contributed by atoms with Gasteiger partial charge in [0.1, 0.15) is 5.00 Å². The molecule has 3 rings (SSSR count). The number of amides is 2. The van der Waals surface area contributed by atoms with Crippen LogP contribution in [0.3, 0.4) is 0 Å². The normalized spacial score (nSPS) is 13.2. The topological polar surface area (TPSA) is 67.4 Å². The summed E-state index contributed by atoms with van der Waals surface area (Å²) >= 11 is 7.40. The number of thiophene rings is 1.